The Hall–Kier alpha value is -0.880. The van der Waals surface area contributed by atoms with E-state index in [1.807, 2.05) is 0 Å². The molecule has 1 aromatic rings. The monoisotopic (exact) mass is 256 g/mol. The average molecular weight is 257 g/mol. The van der Waals surface area contributed by atoms with Crippen LogP contribution in [-0.2, 0) is 14.8 Å². The summed E-state index contributed by atoms with van der Waals surface area (Å²) < 4.78 is 52.2. The van der Waals surface area contributed by atoms with Crippen LogP contribution in [0.1, 0.15) is 5.56 Å². The fourth-order valence-electron chi connectivity index (χ4n) is 1.07. The van der Waals surface area contributed by atoms with E-state index in [2.05, 4.69) is 0 Å². The molecule has 0 spiro atoms. The minimum absolute atomic E-state index is 0.0573. The molecule has 0 aromatic heterocycles. The molecule has 1 aromatic carbocycles. The minimum Gasteiger partial charge on any atom is -0.496 e. The topological polar surface area (TPSA) is 43.4 Å². The summed E-state index contributed by atoms with van der Waals surface area (Å²) in [5, 5.41) is 0. The lowest BCUT2D eigenvalue weighted by Crippen LogP contribution is -2.03. The summed E-state index contributed by atoms with van der Waals surface area (Å²) in [6.07, 6.45) is 0. The predicted molar refractivity (Wildman–Crippen MR) is 51.4 cm³/mol. The Morgan fingerprint density at radius 1 is 1.40 bits per heavy atom. The third-order valence-corrected chi connectivity index (χ3v) is 2.65. The molecule has 0 saturated heterocycles. The van der Waals surface area contributed by atoms with Crippen molar-refractivity contribution >= 4 is 19.7 Å². The molecule has 0 atom stereocenters. The van der Waals surface area contributed by atoms with E-state index in [-0.39, 0.29) is 5.75 Å². The number of halogens is 3. The molecule has 0 heterocycles. The van der Waals surface area contributed by atoms with Crippen molar-refractivity contribution < 1.29 is 21.9 Å². The lowest BCUT2D eigenvalue weighted by molar-refractivity contribution is 0.400. The van der Waals surface area contributed by atoms with Gasteiger partial charge in [-0.05, 0) is 12.1 Å². The first-order valence-corrected chi connectivity index (χ1v) is 6.26. The molecule has 0 fully saturated rings. The van der Waals surface area contributed by atoms with E-state index in [0.29, 0.717) is 0 Å². The van der Waals surface area contributed by atoms with E-state index in [4.69, 9.17) is 15.4 Å². The molecule has 15 heavy (non-hydrogen) atoms. The highest BCUT2D eigenvalue weighted by molar-refractivity contribution is 8.13. The van der Waals surface area contributed by atoms with Gasteiger partial charge in [-0.25, -0.2) is 17.2 Å². The maximum absolute atomic E-state index is 13.2. The standard InChI is InChI=1S/C8H7ClF2O3S/c1-14-7-3-2-6(10)8(11)5(7)4-15(9,12)13/h2-3H,4H2,1H3. The molecule has 0 saturated carbocycles. The number of methoxy groups -OCH3 is 1. The summed E-state index contributed by atoms with van der Waals surface area (Å²) >= 11 is 0. The van der Waals surface area contributed by atoms with Gasteiger partial charge >= 0.3 is 0 Å². The Morgan fingerprint density at radius 3 is 2.47 bits per heavy atom. The van der Waals surface area contributed by atoms with E-state index < -0.39 is 32.0 Å². The van der Waals surface area contributed by atoms with Crippen LogP contribution in [0.2, 0.25) is 0 Å². The first-order chi connectivity index (χ1) is 6.85. The second-order valence-corrected chi connectivity index (χ2v) is 5.50. The van der Waals surface area contributed by atoms with Gasteiger partial charge in [0.05, 0.1) is 12.9 Å². The number of hydrogen-bond acceptors (Lipinski definition) is 3. The molecule has 0 radical (unpaired) electrons. The van der Waals surface area contributed by atoms with Crippen molar-refractivity contribution in [1.82, 2.24) is 0 Å². The van der Waals surface area contributed by atoms with E-state index in [1.54, 1.807) is 0 Å². The average Bonchev–Trinajstić information content (AvgIpc) is 2.11. The molecule has 0 N–H and O–H groups in total. The molecule has 0 aliphatic heterocycles. The van der Waals surface area contributed by atoms with Crippen molar-refractivity contribution in [3.63, 3.8) is 0 Å². The quantitative estimate of drug-likeness (QED) is 0.778. The smallest absolute Gasteiger partial charge is 0.237 e. The summed E-state index contributed by atoms with van der Waals surface area (Å²) in [4.78, 5) is 0. The Kier molecular flexibility index (Phi) is 3.51. The van der Waals surface area contributed by atoms with Gasteiger partial charge in [-0.1, -0.05) is 0 Å². The highest BCUT2D eigenvalue weighted by atomic mass is 35.7. The van der Waals surface area contributed by atoms with Crippen LogP contribution in [0.15, 0.2) is 12.1 Å². The lowest BCUT2D eigenvalue weighted by atomic mass is 10.2. The SMILES string of the molecule is COc1ccc(F)c(F)c1CS(=O)(=O)Cl. The van der Waals surface area contributed by atoms with Crippen molar-refractivity contribution in [1.29, 1.82) is 0 Å². The van der Waals surface area contributed by atoms with Crippen LogP contribution < -0.4 is 4.74 Å². The summed E-state index contributed by atoms with van der Waals surface area (Å²) in [7, 11) is 2.20. The minimum atomic E-state index is -3.96. The molecule has 0 unspecified atom stereocenters. The largest absolute Gasteiger partial charge is 0.496 e. The fraction of sp³-hybridized carbons (Fsp3) is 0.250. The Labute approximate surface area is 90.0 Å². The number of ether oxygens (including phenoxy) is 1. The van der Waals surface area contributed by atoms with Gasteiger partial charge in [0.25, 0.3) is 0 Å². The Bertz CT molecular complexity index is 473. The lowest BCUT2D eigenvalue weighted by Gasteiger charge is -2.08. The van der Waals surface area contributed by atoms with Gasteiger partial charge in [0.2, 0.25) is 9.05 Å². The van der Waals surface area contributed by atoms with Gasteiger partial charge in [0.15, 0.2) is 11.6 Å². The molecule has 0 aliphatic rings. The molecule has 0 bridgehead atoms. The van der Waals surface area contributed by atoms with Crippen LogP contribution in [0.3, 0.4) is 0 Å². The molecule has 84 valence electrons. The van der Waals surface area contributed by atoms with Crippen molar-refractivity contribution in [2.75, 3.05) is 7.11 Å². The summed E-state index contributed by atoms with van der Waals surface area (Å²) in [5.74, 6) is -3.29. The third kappa shape index (κ3) is 3.04. The second kappa shape index (κ2) is 4.32. The highest BCUT2D eigenvalue weighted by Crippen LogP contribution is 2.26. The maximum Gasteiger partial charge on any atom is 0.237 e. The fourth-order valence-corrected chi connectivity index (χ4v) is 2.01. The van der Waals surface area contributed by atoms with Crippen LogP contribution in [0.5, 0.6) is 5.75 Å². The molecular formula is C8H7ClF2O3S. The zero-order valence-electron chi connectivity index (χ0n) is 7.63. The van der Waals surface area contributed by atoms with E-state index in [0.717, 1.165) is 12.1 Å². The Morgan fingerprint density at radius 2 is 2.00 bits per heavy atom. The van der Waals surface area contributed by atoms with Gasteiger partial charge in [0, 0.05) is 16.2 Å². The number of rotatable bonds is 3. The normalized spacial score (nSPS) is 11.5. The van der Waals surface area contributed by atoms with Gasteiger partial charge in [0.1, 0.15) is 5.75 Å². The summed E-state index contributed by atoms with van der Waals surface area (Å²) in [5.41, 5.74) is -0.410. The molecule has 0 aliphatic carbocycles. The highest BCUT2D eigenvalue weighted by Gasteiger charge is 2.19. The van der Waals surface area contributed by atoms with Gasteiger partial charge in [-0.2, -0.15) is 0 Å². The third-order valence-electron chi connectivity index (χ3n) is 1.69. The van der Waals surface area contributed by atoms with Crippen molar-refractivity contribution in [2.24, 2.45) is 0 Å². The Balaban J connectivity index is 3.30. The van der Waals surface area contributed by atoms with Crippen LogP contribution in [0.25, 0.3) is 0 Å². The molecule has 0 amide bonds. The maximum atomic E-state index is 13.2. The van der Waals surface area contributed by atoms with Crippen LogP contribution >= 0.6 is 10.7 Å². The van der Waals surface area contributed by atoms with E-state index >= 15 is 0 Å². The van der Waals surface area contributed by atoms with E-state index in [9.17, 15) is 17.2 Å². The molecule has 1 rings (SSSR count). The first kappa shape index (κ1) is 12.2. The zero-order chi connectivity index (χ0) is 11.6. The number of benzene rings is 1. The van der Waals surface area contributed by atoms with Gasteiger partial charge in [-0.3, -0.25) is 0 Å². The number of hydrogen-bond donors (Lipinski definition) is 0. The van der Waals surface area contributed by atoms with Crippen LogP contribution in [-0.4, -0.2) is 15.5 Å². The van der Waals surface area contributed by atoms with Gasteiger partial charge in [-0.15, -0.1) is 0 Å². The first-order valence-electron chi connectivity index (χ1n) is 3.78. The van der Waals surface area contributed by atoms with Crippen molar-refractivity contribution in [2.45, 2.75) is 5.75 Å². The van der Waals surface area contributed by atoms with Crippen LogP contribution in [0.4, 0.5) is 8.78 Å². The van der Waals surface area contributed by atoms with Crippen molar-refractivity contribution in [3.8, 4) is 5.75 Å². The second-order valence-electron chi connectivity index (χ2n) is 2.73. The molecule has 7 heteroatoms. The summed E-state index contributed by atoms with van der Waals surface area (Å²) in [6.45, 7) is 0. The van der Waals surface area contributed by atoms with Crippen LogP contribution in [0, 0.1) is 11.6 Å². The summed E-state index contributed by atoms with van der Waals surface area (Å²) in [6, 6.07) is 1.98. The van der Waals surface area contributed by atoms with E-state index in [1.165, 1.54) is 7.11 Å². The zero-order valence-corrected chi connectivity index (χ0v) is 9.20. The molecule has 3 nitrogen and oxygen atoms in total. The van der Waals surface area contributed by atoms with Crippen molar-refractivity contribution in [3.05, 3.63) is 29.3 Å². The molecular weight excluding hydrogens is 250 g/mol. The van der Waals surface area contributed by atoms with Gasteiger partial charge < -0.3 is 4.74 Å². The predicted octanol–water partition coefficient (Wildman–Crippen LogP) is 2.04.